The first-order valence-corrected chi connectivity index (χ1v) is 7.22. The quantitative estimate of drug-likeness (QED) is 0.384. The zero-order chi connectivity index (χ0) is 14.2. The number of halogens is 1. The zero-order valence-electron chi connectivity index (χ0n) is 12.7. The minimum Gasteiger partial charge on any atom is -1.00 e. The van der Waals surface area contributed by atoms with Crippen LogP contribution in [0, 0.1) is 6.67 Å². The van der Waals surface area contributed by atoms with Crippen LogP contribution in [-0.4, -0.2) is 16.8 Å². The Bertz CT molecular complexity index is 799. The summed E-state index contributed by atoms with van der Waals surface area (Å²) in [4.78, 5) is 4.31. The van der Waals surface area contributed by atoms with Crippen molar-refractivity contribution in [3.63, 3.8) is 0 Å². The Morgan fingerprint density at radius 1 is 0.870 bits per heavy atom. The van der Waals surface area contributed by atoms with Crippen LogP contribution in [0.2, 0.25) is 0 Å². The molecule has 4 rings (SSSR count). The summed E-state index contributed by atoms with van der Waals surface area (Å²) < 4.78 is 0. The SMILES string of the molecule is CN1[CH]N(Cc2c3ccccc3cc3ccccc23)C=C1.[Au+].[Cl-].[HH]. The molecule has 0 aromatic heterocycles. The predicted octanol–water partition coefficient (Wildman–Crippen LogP) is 1.58. The van der Waals surface area contributed by atoms with E-state index in [0.717, 1.165) is 6.54 Å². The van der Waals surface area contributed by atoms with Crippen molar-refractivity contribution >= 4 is 21.5 Å². The van der Waals surface area contributed by atoms with Crippen molar-refractivity contribution in [3.05, 3.63) is 79.2 Å². The monoisotopic (exact) mass is 507 g/mol. The van der Waals surface area contributed by atoms with E-state index in [1.807, 2.05) is 0 Å². The van der Waals surface area contributed by atoms with E-state index in [-0.39, 0.29) is 36.2 Å². The van der Waals surface area contributed by atoms with Gasteiger partial charge in [-0.25, -0.2) is 0 Å². The summed E-state index contributed by atoms with van der Waals surface area (Å²) in [7, 11) is 2.05. The Morgan fingerprint density at radius 3 is 1.96 bits per heavy atom. The molecule has 0 spiro atoms. The third-order valence-corrected chi connectivity index (χ3v) is 4.05. The minimum atomic E-state index is 0. The normalized spacial score (nSPS) is 13.3. The molecule has 0 fully saturated rings. The van der Waals surface area contributed by atoms with Gasteiger partial charge < -0.3 is 22.2 Å². The Labute approximate surface area is 160 Å². The molecule has 2 nitrogen and oxygen atoms in total. The molecule has 1 aliphatic heterocycles. The molecular weight excluding hydrogens is 489 g/mol. The summed E-state index contributed by atoms with van der Waals surface area (Å²) in [6.07, 6.45) is 4.20. The maximum Gasteiger partial charge on any atom is 1.00 e. The van der Waals surface area contributed by atoms with Crippen LogP contribution in [-0.2, 0) is 28.9 Å². The van der Waals surface area contributed by atoms with Crippen molar-refractivity contribution < 1.29 is 36.2 Å². The third-order valence-electron chi connectivity index (χ3n) is 4.05. The molecular formula is C19H19AuClN2. The molecule has 0 N–H and O–H groups in total. The van der Waals surface area contributed by atoms with E-state index < -0.39 is 0 Å². The molecule has 0 aliphatic carbocycles. The van der Waals surface area contributed by atoms with Gasteiger partial charge in [0.1, 0.15) is 6.67 Å². The van der Waals surface area contributed by atoms with Gasteiger partial charge in [0.25, 0.3) is 0 Å². The van der Waals surface area contributed by atoms with Gasteiger partial charge in [-0.1, -0.05) is 48.5 Å². The van der Waals surface area contributed by atoms with E-state index >= 15 is 0 Å². The Kier molecular flexibility index (Phi) is 5.77. The molecule has 4 heteroatoms. The first kappa shape index (κ1) is 17.9. The van der Waals surface area contributed by atoms with Crippen molar-refractivity contribution in [3.8, 4) is 0 Å². The van der Waals surface area contributed by atoms with Gasteiger partial charge in [-0.15, -0.1) is 0 Å². The van der Waals surface area contributed by atoms with E-state index in [4.69, 9.17) is 0 Å². The molecule has 0 bridgehead atoms. The van der Waals surface area contributed by atoms with Crippen molar-refractivity contribution in [1.82, 2.24) is 9.80 Å². The summed E-state index contributed by atoms with van der Waals surface area (Å²) in [5.74, 6) is 0. The van der Waals surface area contributed by atoms with Crippen LogP contribution in [0.4, 0.5) is 0 Å². The Morgan fingerprint density at radius 2 is 1.43 bits per heavy atom. The number of nitrogens with zero attached hydrogens (tertiary/aromatic N) is 2. The summed E-state index contributed by atoms with van der Waals surface area (Å²) in [5.41, 5.74) is 1.39. The van der Waals surface area contributed by atoms with Crippen LogP contribution in [0.3, 0.4) is 0 Å². The number of benzene rings is 3. The van der Waals surface area contributed by atoms with Gasteiger partial charge in [-0.05, 0) is 33.2 Å². The second-order valence-electron chi connectivity index (χ2n) is 5.55. The molecule has 1 aliphatic rings. The third kappa shape index (κ3) is 3.41. The van der Waals surface area contributed by atoms with Crippen LogP contribution in [0.5, 0.6) is 0 Å². The Balaban J connectivity index is 0.000000960. The average molecular weight is 508 g/mol. The van der Waals surface area contributed by atoms with E-state index in [2.05, 4.69) is 90.5 Å². The van der Waals surface area contributed by atoms with Gasteiger partial charge >= 0.3 is 22.4 Å². The van der Waals surface area contributed by atoms with Crippen LogP contribution in [0.25, 0.3) is 21.5 Å². The van der Waals surface area contributed by atoms with Gasteiger partial charge in [0.05, 0.1) is 0 Å². The molecule has 3 aromatic carbocycles. The predicted molar refractivity (Wildman–Crippen MR) is 90.3 cm³/mol. The number of hydrogen-bond donors (Lipinski definition) is 0. The van der Waals surface area contributed by atoms with Crippen molar-refractivity contribution in [2.75, 3.05) is 7.05 Å². The average Bonchev–Trinajstić information content (AvgIpc) is 2.92. The maximum atomic E-state index is 2.28. The van der Waals surface area contributed by atoms with Crippen molar-refractivity contribution in [1.29, 1.82) is 0 Å². The van der Waals surface area contributed by atoms with Gasteiger partial charge in [0, 0.05) is 27.4 Å². The number of fused-ring (bicyclic) bond motifs is 2. The topological polar surface area (TPSA) is 6.48 Å². The molecule has 0 saturated carbocycles. The molecule has 1 heterocycles. The molecule has 0 amide bonds. The molecule has 23 heavy (non-hydrogen) atoms. The summed E-state index contributed by atoms with van der Waals surface area (Å²) in [6.45, 7) is 3.01. The summed E-state index contributed by atoms with van der Waals surface area (Å²) in [5, 5.41) is 5.30. The first-order valence-electron chi connectivity index (χ1n) is 7.22. The Hall–Kier alpha value is -1.45. The number of hydrogen-bond acceptors (Lipinski definition) is 2. The molecule has 1 radical (unpaired) electrons. The molecule has 0 atom stereocenters. The molecule has 0 unspecified atom stereocenters. The minimum absolute atomic E-state index is 0. The molecule has 123 valence electrons. The van der Waals surface area contributed by atoms with E-state index in [0.29, 0.717) is 0 Å². The van der Waals surface area contributed by atoms with Crippen molar-refractivity contribution in [2.45, 2.75) is 6.54 Å². The van der Waals surface area contributed by atoms with E-state index in [1.54, 1.807) is 0 Å². The van der Waals surface area contributed by atoms with Gasteiger partial charge in [-0.3, -0.25) is 0 Å². The zero-order valence-corrected chi connectivity index (χ0v) is 15.6. The molecule has 0 saturated heterocycles. The van der Waals surface area contributed by atoms with Gasteiger partial charge in [0.2, 0.25) is 0 Å². The summed E-state index contributed by atoms with van der Waals surface area (Å²) >= 11 is 0. The fourth-order valence-electron chi connectivity index (χ4n) is 3.06. The summed E-state index contributed by atoms with van der Waals surface area (Å²) in [6, 6.07) is 19.6. The maximum absolute atomic E-state index is 2.28. The van der Waals surface area contributed by atoms with Crippen molar-refractivity contribution in [2.24, 2.45) is 0 Å². The van der Waals surface area contributed by atoms with Gasteiger partial charge in [-0.2, -0.15) is 0 Å². The van der Waals surface area contributed by atoms with E-state index in [9.17, 15) is 0 Å². The van der Waals surface area contributed by atoms with Crippen LogP contribution >= 0.6 is 0 Å². The van der Waals surface area contributed by atoms with Crippen LogP contribution in [0.15, 0.2) is 67.0 Å². The van der Waals surface area contributed by atoms with Crippen LogP contribution in [0.1, 0.15) is 6.99 Å². The second kappa shape index (κ2) is 7.41. The molecule has 3 aromatic rings. The van der Waals surface area contributed by atoms with Crippen LogP contribution < -0.4 is 12.4 Å². The second-order valence-corrected chi connectivity index (χ2v) is 5.55. The standard InChI is InChI=1S/C19H17N2.Au.ClH.H2/c1-20-10-11-21(14-20)13-19-17-8-4-2-6-15(17)12-16-7-3-5-9-18(16)19;;;/h2-12,14H,13H2,1H3;;2*1H/q;+1;;/p-1. The first-order chi connectivity index (χ1) is 10.3. The smallest absolute Gasteiger partial charge is 1.00 e. The fraction of sp³-hybridized carbons (Fsp3) is 0.105. The largest absolute Gasteiger partial charge is 1.00 e. The number of rotatable bonds is 2. The van der Waals surface area contributed by atoms with Gasteiger partial charge in [0.15, 0.2) is 0 Å². The fourth-order valence-corrected chi connectivity index (χ4v) is 3.06. The van der Waals surface area contributed by atoms with E-state index in [1.165, 1.54) is 27.1 Å².